The number of carbonyl (C=O) groups excluding carboxylic acids is 1. The van der Waals surface area contributed by atoms with E-state index in [0.29, 0.717) is 44.2 Å². The zero-order valence-corrected chi connectivity index (χ0v) is 17.0. The van der Waals surface area contributed by atoms with E-state index < -0.39 is 0 Å². The number of terminal acetylenes is 1. The van der Waals surface area contributed by atoms with Crippen LogP contribution in [0.1, 0.15) is 30.9 Å². The number of hydrogen-bond donors (Lipinski definition) is 2. The Bertz CT molecular complexity index is 740. The topological polar surface area (TPSA) is 75.2 Å². The monoisotopic (exact) mass is 386 g/mol. The molecule has 2 rings (SSSR count). The molecule has 0 saturated heterocycles. The first kappa shape index (κ1) is 21.4. The molecule has 1 aromatic rings. The summed E-state index contributed by atoms with van der Waals surface area (Å²) in [5.74, 6) is 4.78. The maximum atomic E-state index is 12.6. The van der Waals surface area contributed by atoms with Crippen LogP contribution in [-0.2, 0) is 17.8 Å². The number of aliphatic imine (C=N–C) groups is 1. The molecule has 0 aromatic heterocycles. The van der Waals surface area contributed by atoms with Crippen LogP contribution in [-0.4, -0.2) is 57.2 Å². The molecule has 0 radical (unpaired) electrons. The first-order valence-corrected chi connectivity index (χ1v) is 9.60. The lowest BCUT2D eigenvalue weighted by Gasteiger charge is -2.29. The van der Waals surface area contributed by atoms with Crippen LogP contribution in [0.2, 0.25) is 0 Å². The van der Waals surface area contributed by atoms with Gasteiger partial charge in [-0.1, -0.05) is 5.92 Å². The van der Waals surface area contributed by atoms with Crippen molar-refractivity contribution in [2.45, 2.75) is 32.7 Å². The first-order chi connectivity index (χ1) is 13.6. The second kappa shape index (κ2) is 11.1. The van der Waals surface area contributed by atoms with Crippen molar-refractivity contribution in [1.29, 1.82) is 0 Å². The second-order valence-corrected chi connectivity index (χ2v) is 6.46. The molecule has 0 fully saturated rings. The normalized spacial score (nSPS) is 13.4. The van der Waals surface area contributed by atoms with Crippen molar-refractivity contribution in [3.63, 3.8) is 0 Å². The molecule has 7 heteroatoms. The zero-order valence-electron chi connectivity index (χ0n) is 17.0. The Morgan fingerprint density at radius 2 is 1.96 bits per heavy atom. The lowest BCUT2D eigenvalue weighted by Crippen LogP contribution is -2.37. The Morgan fingerprint density at radius 1 is 1.25 bits per heavy atom. The van der Waals surface area contributed by atoms with Gasteiger partial charge in [-0.25, -0.2) is 0 Å². The molecule has 0 spiro atoms. The summed E-state index contributed by atoms with van der Waals surface area (Å²) >= 11 is 0. The van der Waals surface area contributed by atoms with Crippen molar-refractivity contribution in [1.82, 2.24) is 15.5 Å². The Labute approximate surface area is 167 Å². The molecule has 2 N–H and O–H groups in total. The maximum absolute atomic E-state index is 12.6. The predicted octanol–water partition coefficient (Wildman–Crippen LogP) is 1.56. The standard InChI is InChI=1S/C21H30N4O3/c1-5-10-23-21(22-6-2)24-11-7-8-20(26)25-12-9-16-13-18(27-3)19(28-4)14-17(16)15-25/h1,13-14H,6-12,15H2,2-4H3,(H2,22,23,24). The van der Waals surface area contributed by atoms with Crippen LogP contribution in [0.15, 0.2) is 17.1 Å². The van der Waals surface area contributed by atoms with Gasteiger partial charge in [0.15, 0.2) is 17.5 Å². The maximum Gasteiger partial charge on any atom is 0.222 e. The fraction of sp³-hybridized carbons (Fsp3) is 0.524. The second-order valence-electron chi connectivity index (χ2n) is 6.46. The van der Waals surface area contributed by atoms with Crippen molar-refractivity contribution in [2.75, 3.05) is 40.4 Å². The summed E-state index contributed by atoms with van der Waals surface area (Å²) in [6, 6.07) is 3.98. The van der Waals surface area contributed by atoms with E-state index in [1.807, 2.05) is 24.0 Å². The van der Waals surface area contributed by atoms with Crippen LogP contribution in [0.4, 0.5) is 0 Å². The highest BCUT2D eigenvalue weighted by molar-refractivity contribution is 5.80. The molecular formula is C21H30N4O3. The molecule has 0 bridgehead atoms. The van der Waals surface area contributed by atoms with Gasteiger partial charge >= 0.3 is 0 Å². The number of carbonyl (C=O) groups is 1. The molecule has 152 valence electrons. The fourth-order valence-corrected chi connectivity index (χ4v) is 3.15. The summed E-state index contributed by atoms with van der Waals surface area (Å²) in [6.07, 6.45) is 7.25. The number of fused-ring (bicyclic) bond motifs is 1. The average molecular weight is 386 g/mol. The minimum atomic E-state index is 0.150. The number of nitrogens with one attached hydrogen (secondary N) is 2. The van der Waals surface area contributed by atoms with Crippen LogP contribution in [0.5, 0.6) is 11.5 Å². The molecule has 1 aliphatic rings. The number of benzene rings is 1. The van der Waals surface area contributed by atoms with E-state index in [9.17, 15) is 4.79 Å². The van der Waals surface area contributed by atoms with Crippen molar-refractivity contribution in [3.05, 3.63) is 23.3 Å². The van der Waals surface area contributed by atoms with Gasteiger partial charge in [-0.15, -0.1) is 6.42 Å². The molecule has 1 heterocycles. The van der Waals surface area contributed by atoms with Crippen LogP contribution in [0.3, 0.4) is 0 Å². The predicted molar refractivity (Wildman–Crippen MR) is 111 cm³/mol. The zero-order chi connectivity index (χ0) is 20.4. The van der Waals surface area contributed by atoms with Crippen LogP contribution in [0.25, 0.3) is 0 Å². The molecular weight excluding hydrogens is 356 g/mol. The number of guanidine groups is 1. The van der Waals surface area contributed by atoms with Crippen molar-refractivity contribution in [2.24, 2.45) is 4.99 Å². The van der Waals surface area contributed by atoms with Gasteiger partial charge in [0.2, 0.25) is 5.91 Å². The summed E-state index contributed by atoms with van der Waals surface area (Å²) < 4.78 is 10.7. The quantitative estimate of drug-likeness (QED) is 0.307. The van der Waals surface area contributed by atoms with Gasteiger partial charge in [-0.3, -0.25) is 9.79 Å². The van der Waals surface area contributed by atoms with E-state index in [2.05, 4.69) is 21.5 Å². The molecule has 0 saturated carbocycles. The third-order valence-corrected chi connectivity index (χ3v) is 4.59. The molecule has 7 nitrogen and oxygen atoms in total. The highest BCUT2D eigenvalue weighted by atomic mass is 16.5. The number of hydrogen-bond acceptors (Lipinski definition) is 4. The first-order valence-electron chi connectivity index (χ1n) is 9.60. The highest BCUT2D eigenvalue weighted by Crippen LogP contribution is 2.33. The van der Waals surface area contributed by atoms with E-state index in [0.717, 1.165) is 30.8 Å². The van der Waals surface area contributed by atoms with Gasteiger partial charge in [0.1, 0.15) is 0 Å². The Hall–Kier alpha value is -2.88. The number of ether oxygens (including phenoxy) is 2. The van der Waals surface area contributed by atoms with Crippen LogP contribution >= 0.6 is 0 Å². The van der Waals surface area contributed by atoms with Crippen molar-refractivity contribution >= 4 is 11.9 Å². The van der Waals surface area contributed by atoms with Gasteiger partial charge in [0.25, 0.3) is 0 Å². The number of rotatable bonds is 8. The SMILES string of the molecule is C#CCNC(=NCCCC(=O)N1CCc2cc(OC)c(OC)cc2C1)NCC. The van der Waals surface area contributed by atoms with Gasteiger partial charge in [0, 0.05) is 32.6 Å². The van der Waals surface area contributed by atoms with Gasteiger partial charge in [-0.05, 0) is 43.0 Å². The van der Waals surface area contributed by atoms with Gasteiger partial charge in [-0.2, -0.15) is 0 Å². The van der Waals surface area contributed by atoms with Crippen LogP contribution in [0, 0.1) is 12.3 Å². The minimum absolute atomic E-state index is 0.150. The lowest BCUT2D eigenvalue weighted by atomic mass is 9.98. The molecule has 1 aromatic carbocycles. The Morgan fingerprint density at radius 3 is 2.61 bits per heavy atom. The molecule has 1 aliphatic heterocycles. The summed E-state index contributed by atoms with van der Waals surface area (Å²) in [5, 5.41) is 6.16. The number of methoxy groups -OCH3 is 2. The minimum Gasteiger partial charge on any atom is -0.493 e. The largest absolute Gasteiger partial charge is 0.493 e. The van der Waals surface area contributed by atoms with Crippen molar-refractivity contribution in [3.8, 4) is 23.8 Å². The summed E-state index contributed by atoms with van der Waals surface area (Å²) in [5.41, 5.74) is 2.32. The highest BCUT2D eigenvalue weighted by Gasteiger charge is 2.22. The number of nitrogens with zero attached hydrogens (tertiary/aromatic N) is 2. The van der Waals surface area contributed by atoms with E-state index in [-0.39, 0.29) is 5.91 Å². The third kappa shape index (κ3) is 5.81. The van der Waals surface area contributed by atoms with Gasteiger partial charge < -0.3 is 25.0 Å². The molecule has 1 amide bonds. The van der Waals surface area contributed by atoms with Crippen LogP contribution < -0.4 is 20.1 Å². The number of amides is 1. The molecule has 0 aliphatic carbocycles. The van der Waals surface area contributed by atoms with E-state index in [4.69, 9.17) is 15.9 Å². The smallest absolute Gasteiger partial charge is 0.222 e. The Balaban J connectivity index is 1.88. The molecule has 28 heavy (non-hydrogen) atoms. The van der Waals surface area contributed by atoms with Gasteiger partial charge in [0.05, 0.1) is 20.8 Å². The fourth-order valence-electron chi connectivity index (χ4n) is 3.15. The summed E-state index contributed by atoms with van der Waals surface area (Å²) in [7, 11) is 3.26. The molecule has 0 atom stereocenters. The molecule has 0 unspecified atom stereocenters. The average Bonchev–Trinajstić information content (AvgIpc) is 2.73. The van der Waals surface area contributed by atoms with Crippen molar-refractivity contribution < 1.29 is 14.3 Å². The summed E-state index contributed by atoms with van der Waals surface area (Å²) in [6.45, 7) is 5.07. The third-order valence-electron chi connectivity index (χ3n) is 4.59. The van der Waals surface area contributed by atoms with E-state index in [1.165, 1.54) is 5.56 Å². The Kier molecular flexibility index (Phi) is 8.47. The summed E-state index contributed by atoms with van der Waals surface area (Å²) in [4.78, 5) is 18.9. The lowest BCUT2D eigenvalue weighted by molar-refractivity contribution is -0.132. The van der Waals surface area contributed by atoms with E-state index in [1.54, 1.807) is 14.2 Å². The van der Waals surface area contributed by atoms with E-state index >= 15 is 0 Å².